The summed E-state index contributed by atoms with van der Waals surface area (Å²) in [4.78, 5) is 14.0. The standard InChI is InChI=1S/C17H25NO2/c1-17(2,14-8-5-4-6-9-14)11-13-18-12-7-10-15(18)16(19)20-3/h4-6,8-9,15H,7,10-13H2,1-3H3. The van der Waals surface area contributed by atoms with Gasteiger partial charge in [-0.05, 0) is 43.3 Å². The Labute approximate surface area is 121 Å². The first kappa shape index (κ1) is 15.0. The predicted octanol–water partition coefficient (Wildman–Crippen LogP) is 2.99. The molecule has 3 nitrogen and oxygen atoms in total. The molecular formula is C17H25NO2. The molecule has 1 aliphatic rings. The van der Waals surface area contributed by atoms with Crippen molar-refractivity contribution < 1.29 is 9.53 Å². The summed E-state index contributed by atoms with van der Waals surface area (Å²) >= 11 is 0. The molecule has 1 unspecified atom stereocenters. The molecular weight excluding hydrogens is 250 g/mol. The van der Waals surface area contributed by atoms with Crippen LogP contribution < -0.4 is 0 Å². The lowest BCUT2D eigenvalue weighted by atomic mass is 9.81. The molecule has 2 rings (SSSR count). The second kappa shape index (κ2) is 6.40. The summed E-state index contributed by atoms with van der Waals surface area (Å²) in [5.74, 6) is -0.0833. The number of ether oxygens (including phenoxy) is 1. The van der Waals surface area contributed by atoms with Gasteiger partial charge in [0.1, 0.15) is 6.04 Å². The van der Waals surface area contributed by atoms with Gasteiger partial charge in [-0.25, -0.2) is 0 Å². The zero-order chi connectivity index (χ0) is 14.6. The summed E-state index contributed by atoms with van der Waals surface area (Å²) in [6, 6.07) is 10.6. The van der Waals surface area contributed by atoms with E-state index < -0.39 is 0 Å². The lowest BCUT2D eigenvalue weighted by molar-refractivity contribution is -0.145. The van der Waals surface area contributed by atoms with Crippen molar-refractivity contribution in [1.82, 2.24) is 4.90 Å². The number of carbonyl (C=O) groups is 1. The number of benzene rings is 1. The average molecular weight is 275 g/mol. The maximum absolute atomic E-state index is 11.8. The summed E-state index contributed by atoms with van der Waals surface area (Å²) in [5.41, 5.74) is 1.48. The quantitative estimate of drug-likeness (QED) is 0.774. The van der Waals surface area contributed by atoms with Crippen LogP contribution in [0, 0.1) is 0 Å². The Morgan fingerprint density at radius 2 is 2.05 bits per heavy atom. The van der Waals surface area contributed by atoms with Gasteiger partial charge in [0.2, 0.25) is 0 Å². The highest BCUT2D eigenvalue weighted by Gasteiger charge is 2.32. The number of hydrogen-bond donors (Lipinski definition) is 0. The molecule has 0 spiro atoms. The van der Waals surface area contributed by atoms with Gasteiger partial charge in [0, 0.05) is 0 Å². The van der Waals surface area contributed by atoms with E-state index in [0.717, 1.165) is 32.4 Å². The molecule has 1 saturated heterocycles. The molecule has 3 heteroatoms. The molecule has 0 N–H and O–H groups in total. The van der Waals surface area contributed by atoms with Gasteiger partial charge in [0.05, 0.1) is 7.11 Å². The minimum atomic E-state index is -0.0833. The zero-order valence-corrected chi connectivity index (χ0v) is 12.8. The second-order valence-electron chi connectivity index (χ2n) is 6.22. The van der Waals surface area contributed by atoms with Crippen molar-refractivity contribution in [2.75, 3.05) is 20.2 Å². The van der Waals surface area contributed by atoms with Crippen LogP contribution in [-0.4, -0.2) is 37.1 Å². The van der Waals surface area contributed by atoms with E-state index in [1.807, 2.05) is 6.07 Å². The van der Waals surface area contributed by atoms with E-state index in [9.17, 15) is 4.79 Å². The SMILES string of the molecule is COC(=O)C1CCCN1CCC(C)(C)c1ccccc1. The lowest BCUT2D eigenvalue weighted by Crippen LogP contribution is -2.39. The van der Waals surface area contributed by atoms with Gasteiger partial charge in [0.15, 0.2) is 0 Å². The summed E-state index contributed by atoms with van der Waals surface area (Å²) < 4.78 is 4.90. The molecule has 1 fully saturated rings. The maximum atomic E-state index is 11.8. The summed E-state index contributed by atoms with van der Waals surface area (Å²) in [6.45, 7) is 6.49. The normalized spacial score (nSPS) is 20.1. The van der Waals surface area contributed by atoms with Crippen LogP contribution >= 0.6 is 0 Å². The number of nitrogens with zero attached hydrogens (tertiary/aromatic N) is 1. The van der Waals surface area contributed by atoms with Crippen LogP contribution in [0.25, 0.3) is 0 Å². The van der Waals surface area contributed by atoms with Crippen LogP contribution in [0.2, 0.25) is 0 Å². The van der Waals surface area contributed by atoms with Gasteiger partial charge < -0.3 is 4.74 Å². The van der Waals surface area contributed by atoms with Crippen LogP contribution in [0.1, 0.15) is 38.7 Å². The molecule has 1 heterocycles. The lowest BCUT2D eigenvalue weighted by Gasteiger charge is -2.30. The number of likely N-dealkylation sites (tertiary alicyclic amines) is 1. The second-order valence-corrected chi connectivity index (χ2v) is 6.22. The van der Waals surface area contributed by atoms with Crippen LogP contribution in [0.5, 0.6) is 0 Å². The van der Waals surface area contributed by atoms with Crippen LogP contribution in [0.15, 0.2) is 30.3 Å². The molecule has 0 aliphatic carbocycles. The van der Waals surface area contributed by atoms with Crippen molar-refractivity contribution in [3.05, 3.63) is 35.9 Å². The topological polar surface area (TPSA) is 29.5 Å². The van der Waals surface area contributed by atoms with Gasteiger partial charge in [0.25, 0.3) is 0 Å². The van der Waals surface area contributed by atoms with E-state index in [4.69, 9.17) is 4.74 Å². The highest BCUT2D eigenvalue weighted by atomic mass is 16.5. The maximum Gasteiger partial charge on any atom is 0.323 e. The Balaban J connectivity index is 1.96. The fraction of sp³-hybridized carbons (Fsp3) is 0.588. The molecule has 1 aromatic rings. The van der Waals surface area contributed by atoms with Crippen molar-refractivity contribution in [1.29, 1.82) is 0 Å². The number of methoxy groups -OCH3 is 1. The molecule has 1 atom stereocenters. The number of esters is 1. The predicted molar refractivity (Wildman–Crippen MR) is 80.7 cm³/mol. The molecule has 1 aromatic carbocycles. The van der Waals surface area contributed by atoms with Crippen molar-refractivity contribution >= 4 is 5.97 Å². The highest BCUT2D eigenvalue weighted by Crippen LogP contribution is 2.28. The van der Waals surface area contributed by atoms with Gasteiger partial charge >= 0.3 is 5.97 Å². The minimum Gasteiger partial charge on any atom is -0.468 e. The van der Waals surface area contributed by atoms with Crippen molar-refractivity contribution in [3.8, 4) is 0 Å². The van der Waals surface area contributed by atoms with Crippen LogP contribution in [0.3, 0.4) is 0 Å². The molecule has 0 aromatic heterocycles. The molecule has 110 valence electrons. The first-order chi connectivity index (χ1) is 9.54. The third-order valence-corrected chi connectivity index (χ3v) is 4.42. The molecule has 0 radical (unpaired) electrons. The molecule has 0 saturated carbocycles. The molecule has 0 amide bonds. The Morgan fingerprint density at radius 3 is 2.70 bits per heavy atom. The Kier molecular flexibility index (Phi) is 4.81. The summed E-state index contributed by atoms with van der Waals surface area (Å²) in [5, 5.41) is 0. The number of carbonyl (C=O) groups excluding carboxylic acids is 1. The molecule has 0 bridgehead atoms. The highest BCUT2D eigenvalue weighted by molar-refractivity contribution is 5.75. The number of hydrogen-bond acceptors (Lipinski definition) is 3. The fourth-order valence-electron chi connectivity index (χ4n) is 2.95. The Hall–Kier alpha value is -1.35. The molecule has 1 aliphatic heterocycles. The zero-order valence-electron chi connectivity index (χ0n) is 12.8. The summed E-state index contributed by atoms with van der Waals surface area (Å²) in [6.07, 6.45) is 3.06. The summed E-state index contributed by atoms with van der Waals surface area (Å²) in [7, 11) is 1.48. The Bertz CT molecular complexity index is 442. The van der Waals surface area contributed by atoms with E-state index >= 15 is 0 Å². The third-order valence-electron chi connectivity index (χ3n) is 4.42. The number of rotatable bonds is 5. The third kappa shape index (κ3) is 3.40. The van der Waals surface area contributed by atoms with E-state index in [-0.39, 0.29) is 17.4 Å². The van der Waals surface area contributed by atoms with Crippen molar-refractivity contribution in [2.24, 2.45) is 0 Å². The van der Waals surface area contributed by atoms with E-state index in [2.05, 4.69) is 43.0 Å². The minimum absolute atomic E-state index is 0.0356. The van der Waals surface area contributed by atoms with Crippen molar-refractivity contribution in [2.45, 2.75) is 44.6 Å². The first-order valence-corrected chi connectivity index (χ1v) is 7.42. The van der Waals surface area contributed by atoms with Crippen molar-refractivity contribution in [3.63, 3.8) is 0 Å². The fourth-order valence-corrected chi connectivity index (χ4v) is 2.95. The van der Waals surface area contributed by atoms with Crippen LogP contribution in [-0.2, 0) is 14.9 Å². The first-order valence-electron chi connectivity index (χ1n) is 7.42. The van der Waals surface area contributed by atoms with Gasteiger partial charge in [-0.3, -0.25) is 9.69 Å². The average Bonchev–Trinajstić information content (AvgIpc) is 2.94. The molecule has 20 heavy (non-hydrogen) atoms. The smallest absolute Gasteiger partial charge is 0.323 e. The van der Waals surface area contributed by atoms with E-state index in [1.54, 1.807) is 0 Å². The largest absolute Gasteiger partial charge is 0.468 e. The van der Waals surface area contributed by atoms with Gasteiger partial charge in [-0.15, -0.1) is 0 Å². The van der Waals surface area contributed by atoms with Gasteiger partial charge in [-0.1, -0.05) is 44.2 Å². The van der Waals surface area contributed by atoms with E-state index in [0.29, 0.717) is 0 Å². The monoisotopic (exact) mass is 275 g/mol. The van der Waals surface area contributed by atoms with E-state index in [1.165, 1.54) is 12.7 Å². The van der Waals surface area contributed by atoms with Crippen LogP contribution in [0.4, 0.5) is 0 Å². The Morgan fingerprint density at radius 1 is 1.35 bits per heavy atom. The van der Waals surface area contributed by atoms with Gasteiger partial charge in [-0.2, -0.15) is 0 Å².